The van der Waals surface area contributed by atoms with Crippen LogP contribution in [-0.4, -0.2) is 19.0 Å². The van der Waals surface area contributed by atoms with Gasteiger partial charge in [0, 0.05) is 17.8 Å². The molecule has 1 atom stereocenters. The van der Waals surface area contributed by atoms with Crippen molar-refractivity contribution >= 4 is 23.3 Å². The number of hydrogen-bond donors (Lipinski definition) is 2. The molecule has 1 aliphatic heterocycles. The molecule has 2 N–H and O–H groups in total. The third-order valence-electron chi connectivity index (χ3n) is 6.24. The normalized spacial score (nSPS) is 16.3. The molecule has 0 aliphatic carbocycles. The zero-order chi connectivity index (χ0) is 23.4. The van der Waals surface area contributed by atoms with E-state index in [4.69, 9.17) is 4.74 Å². The van der Waals surface area contributed by atoms with E-state index in [1.54, 1.807) is 6.07 Å². The highest BCUT2D eigenvalue weighted by Crippen LogP contribution is 2.45. The Bertz CT molecular complexity index is 1150. The molecule has 170 valence electrons. The summed E-state index contributed by atoms with van der Waals surface area (Å²) in [7, 11) is 1.40. The summed E-state index contributed by atoms with van der Waals surface area (Å²) in [5.41, 5.74) is 5.65. The van der Waals surface area contributed by atoms with Gasteiger partial charge in [0.05, 0.1) is 18.7 Å². The van der Waals surface area contributed by atoms with Crippen molar-refractivity contribution in [3.05, 3.63) is 95.1 Å². The van der Waals surface area contributed by atoms with Gasteiger partial charge < -0.3 is 15.4 Å². The molecule has 1 heterocycles. The Hall–Kier alpha value is -3.60. The van der Waals surface area contributed by atoms with Gasteiger partial charge in [0.1, 0.15) is 0 Å². The number of esters is 1. The largest absolute Gasteiger partial charge is 0.465 e. The number of aryl methyl sites for hydroxylation is 1. The minimum absolute atomic E-state index is 0.00699. The molecule has 4 rings (SSSR count). The topological polar surface area (TPSA) is 67.4 Å². The molecule has 33 heavy (non-hydrogen) atoms. The molecule has 1 amide bonds. The Morgan fingerprint density at radius 3 is 2.58 bits per heavy atom. The molecular formula is C28H30N2O3. The standard InChI is InChI=1S/C28H30N2O3/c1-28(2)18-22-16-21(27(32)33-3)13-14-24(22)30-26(28)20-10-7-11-23(17-20)29-25(31)15-12-19-8-5-4-6-9-19/h4-11,13-14,16-17,26,30H,12,15,18H2,1-3H3,(H,29,31). The van der Waals surface area contributed by atoms with Crippen LogP contribution in [0, 0.1) is 5.41 Å². The predicted octanol–water partition coefficient (Wildman–Crippen LogP) is 5.78. The average Bonchev–Trinajstić information content (AvgIpc) is 2.81. The lowest BCUT2D eigenvalue weighted by Crippen LogP contribution is -2.35. The van der Waals surface area contributed by atoms with Gasteiger partial charge in [0.15, 0.2) is 0 Å². The van der Waals surface area contributed by atoms with Crippen LogP contribution >= 0.6 is 0 Å². The molecule has 0 spiro atoms. The molecule has 3 aromatic carbocycles. The molecular weight excluding hydrogens is 412 g/mol. The quantitative estimate of drug-likeness (QED) is 0.475. The average molecular weight is 443 g/mol. The Morgan fingerprint density at radius 1 is 1.03 bits per heavy atom. The second-order valence-corrected chi connectivity index (χ2v) is 9.27. The third kappa shape index (κ3) is 5.25. The first-order valence-electron chi connectivity index (χ1n) is 11.3. The fraction of sp³-hybridized carbons (Fsp3) is 0.286. The number of anilines is 2. The Kier molecular flexibility index (Phi) is 6.50. The SMILES string of the molecule is COC(=O)c1ccc2c(c1)CC(C)(C)C(c1cccc(NC(=O)CCc3ccccc3)c1)N2. The summed E-state index contributed by atoms with van der Waals surface area (Å²) < 4.78 is 4.86. The summed E-state index contributed by atoms with van der Waals surface area (Å²) >= 11 is 0. The van der Waals surface area contributed by atoms with Gasteiger partial charge in [-0.3, -0.25) is 4.79 Å². The van der Waals surface area contributed by atoms with Gasteiger partial charge in [0.2, 0.25) is 5.91 Å². The van der Waals surface area contributed by atoms with Gasteiger partial charge in [-0.25, -0.2) is 4.79 Å². The van der Waals surface area contributed by atoms with Gasteiger partial charge in [-0.1, -0.05) is 56.3 Å². The summed E-state index contributed by atoms with van der Waals surface area (Å²) in [5, 5.41) is 6.70. The van der Waals surface area contributed by atoms with Crippen molar-refractivity contribution in [2.45, 2.75) is 39.2 Å². The van der Waals surface area contributed by atoms with Crippen LogP contribution in [0.4, 0.5) is 11.4 Å². The highest BCUT2D eigenvalue weighted by Gasteiger charge is 2.36. The molecule has 5 heteroatoms. The Balaban J connectivity index is 1.48. The van der Waals surface area contributed by atoms with E-state index in [0.29, 0.717) is 18.4 Å². The van der Waals surface area contributed by atoms with Crippen LogP contribution in [0.2, 0.25) is 0 Å². The van der Waals surface area contributed by atoms with Crippen LogP contribution in [-0.2, 0) is 22.4 Å². The molecule has 0 saturated heterocycles. The number of fused-ring (bicyclic) bond motifs is 1. The van der Waals surface area contributed by atoms with Crippen molar-refractivity contribution in [2.24, 2.45) is 5.41 Å². The van der Waals surface area contributed by atoms with Gasteiger partial charge >= 0.3 is 5.97 Å². The van der Waals surface area contributed by atoms with Crippen molar-refractivity contribution in [2.75, 3.05) is 17.7 Å². The lowest BCUT2D eigenvalue weighted by molar-refractivity contribution is -0.116. The van der Waals surface area contributed by atoms with Gasteiger partial charge in [0.25, 0.3) is 0 Å². The lowest BCUT2D eigenvalue weighted by atomic mass is 9.72. The number of rotatable bonds is 6. The third-order valence-corrected chi connectivity index (χ3v) is 6.24. The summed E-state index contributed by atoms with van der Waals surface area (Å²) in [6.07, 6.45) is 1.98. The zero-order valence-electron chi connectivity index (χ0n) is 19.4. The first kappa shape index (κ1) is 22.6. The van der Waals surface area contributed by atoms with Crippen LogP contribution in [0.5, 0.6) is 0 Å². The number of amides is 1. The van der Waals surface area contributed by atoms with E-state index in [9.17, 15) is 9.59 Å². The van der Waals surface area contributed by atoms with Crippen LogP contribution in [0.25, 0.3) is 0 Å². The lowest BCUT2D eigenvalue weighted by Gasteiger charge is -2.41. The molecule has 0 aromatic heterocycles. The fourth-order valence-corrected chi connectivity index (χ4v) is 4.53. The number of benzene rings is 3. The molecule has 0 radical (unpaired) electrons. The van der Waals surface area contributed by atoms with E-state index in [2.05, 4.69) is 30.5 Å². The molecule has 1 aliphatic rings. The van der Waals surface area contributed by atoms with Crippen molar-refractivity contribution < 1.29 is 14.3 Å². The van der Waals surface area contributed by atoms with Crippen molar-refractivity contribution in [1.29, 1.82) is 0 Å². The minimum Gasteiger partial charge on any atom is -0.465 e. The molecule has 3 aromatic rings. The first-order chi connectivity index (χ1) is 15.9. The highest BCUT2D eigenvalue weighted by molar-refractivity contribution is 5.91. The molecule has 5 nitrogen and oxygen atoms in total. The smallest absolute Gasteiger partial charge is 0.337 e. The van der Waals surface area contributed by atoms with Gasteiger partial charge in [-0.2, -0.15) is 0 Å². The van der Waals surface area contributed by atoms with E-state index >= 15 is 0 Å². The predicted molar refractivity (Wildman–Crippen MR) is 131 cm³/mol. The number of carbonyl (C=O) groups excluding carboxylic acids is 2. The van der Waals surface area contributed by atoms with Crippen molar-refractivity contribution in [3.8, 4) is 0 Å². The summed E-state index contributed by atoms with van der Waals surface area (Å²) in [5.74, 6) is -0.319. The minimum atomic E-state index is -0.326. The van der Waals surface area contributed by atoms with Crippen molar-refractivity contribution in [3.63, 3.8) is 0 Å². The second-order valence-electron chi connectivity index (χ2n) is 9.27. The summed E-state index contributed by atoms with van der Waals surface area (Å²) in [6.45, 7) is 4.42. The fourth-order valence-electron chi connectivity index (χ4n) is 4.53. The van der Waals surface area contributed by atoms with E-state index in [0.717, 1.165) is 34.5 Å². The number of nitrogens with one attached hydrogen (secondary N) is 2. The van der Waals surface area contributed by atoms with Gasteiger partial charge in [-0.15, -0.1) is 0 Å². The summed E-state index contributed by atoms with van der Waals surface area (Å²) in [4.78, 5) is 24.4. The maximum absolute atomic E-state index is 12.5. The van der Waals surface area contributed by atoms with E-state index < -0.39 is 0 Å². The number of carbonyl (C=O) groups is 2. The summed E-state index contributed by atoms with van der Waals surface area (Å²) in [6, 6.07) is 23.8. The molecule has 0 saturated carbocycles. The van der Waals surface area contributed by atoms with E-state index in [-0.39, 0.29) is 23.3 Å². The van der Waals surface area contributed by atoms with Crippen LogP contribution < -0.4 is 10.6 Å². The van der Waals surface area contributed by atoms with Crippen LogP contribution in [0.15, 0.2) is 72.8 Å². The molecule has 1 unspecified atom stereocenters. The van der Waals surface area contributed by atoms with Crippen LogP contribution in [0.3, 0.4) is 0 Å². The number of methoxy groups -OCH3 is 1. The highest BCUT2D eigenvalue weighted by atomic mass is 16.5. The molecule has 0 bridgehead atoms. The second kappa shape index (κ2) is 9.49. The maximum atomic E-state index is 12.5. The van der Waals surface area contributed by atoms with Gasteiger partial charge in [-0.05, 0) is 65.3 Å². The monoisotopic (exact) mass is 442 g/mol. The van der Waals surface area contributed by atoms with E-state index in [1.807, 2.05) is 60.7 Å². The number of hydrogen-bond acceptors (Lipinski definition) is 4. The van der Waals surface area contributed by atoms with Crippen LogP contribution in [0.1, 0.15) is 53.4 Å². The Morgan fingerprint density at radius 2 is 1.82 bits per heavy atom. The van der Waals surface area contributed by atoms with E-state index in [1.165, 1.54) is 7.11 Å². The zero-order valence-corrected chi connectivity index (χ0v) is 19.4. The molecule has 0 fully saturated rings. The number of ether oxygens (including phenoxy) is 1. The maximum Gasteiger partial charge on any atom is 0.337 e. The Labute approximate surface area is 195 Å². The first-order valence-corrected chi connectivity index (χ1v) is 11.3. The van der Waals surface area contributed by atoms with Crippen molar-refractivity contribution in [1.82, 2.24) is 0 Å².